The fourth-order valence-corrected chi connectivity index (χ4v) is 2.57. The lowest BCUT2D eigenvalue weighted by Crippen LogP contribution is -2.42. The molecule has 1 N–H and O–H groups in total. The van der Waals surface area contributed by atoms with Crippen molar-refractivity contribution in [2.24, 2.45) is 5.92 Å². The van der Waals surface area contributed by atoms with Gasteiger partial charge in [0.25, 0.3) is 0 Å². The predicted octanol–water partition coefficient (Wildman–Crippen LogP) is 3.57. The topological polar surface area (TPSA) is 35.1 Å². The van der Waals surface area contributed by atoms with Crippen LogP contribution < -0.4 is 4.72 Å². The first-order valence-corrected chi connectivity index (χ1v) is 7.30. The first-order valence-electron chi connectivity index (χ1n) is 6.15. The molecule has 2 nitrogen and oxygen atoms in total. The lowest BCUT2D eigenvalue weighted by atomic mass is 9.97. The molecule has 1 unspecified atom stereocenters. The Labute approximate surface area is 112 Å². The molecule has 0 bridgehead atoms. The van der Waals surface area contributed by atoms with Crippen molar-refractivity contribution >= 4 is 11.4 Å². The van der Waals surface area contributed by atoms with E-state index in [0.29, 0.717) is 0 Å². The summed E-state index contributed by atoms with van der Waals surface area (Å²) in [4.78, 5) is 0. The van der Waals surface area contributed by atoms with Gasteiger partial charge in [-0.25, -0.2) is 4.39 Å². The molecule has 0 aromatic heterocycles. The van der Waals surface area contributed by atoms with Gasteiger partial charge in [0.15, 0.2) is 0 Å². The number of nitrogens with one attached hydrogen (secondary N) is 1. The second-order valence-corrected chi connectivity index (χ2v) is 7.77. The average molecular weight is 271 g/mol. The lowest BCUT2D eigenvalue weighted by molar-refractivity contribution is 0.450. The van der Waals surface area contributed by atoms with E-state index in [9.17, 15) is 8.94 Å². The molecule has 0 aliphatic rings. The summed E-state index contributed by atoms with van der Waals surface area (Å²) in [5.74, 6) is -0.0282. The van der Waals surface area contributed by atoms with Crippen LogP contribution in [0.25, 0.3) is 0 Å². The molecular weight excluding hydrogens is 249 g/mol. The van der Waals surface area contributed by atoms with Crippen molar-refractivity contribution in [2.75, 3.05) is 0 Å². The highest BCUT2D eigenvalue weighted by molar-refractivity contribution is 7.90. The maximum absolute atomic E-state index is 13.3. The minimum absolute atomic E-state index is 0.110. The molecule has 18 heavy (non-hydrogen) atoms. The van der Waals surface area contributed by atoms with Gasteiger partial charge in [0.2, 0.25) is 0 Å². The number of benzene rings is 1. The maximum atomic E-state index is 13.3. The van der Waals surface area contributed by atoms with Crippen LogP contribution in [0.1, 0.15) is 46.2 Å². The molecule has 0 heterocycles. The van der Waals surface area contributed by atoms with Crippen molar-refractivity contribution < 1.29 is 8.94 Å². The minimum atomic E-state index is -1.17. The van der Waals surface area contributed by atoms with Crippen LogP contribution in [0.5, 0.6) is 0 Å². The van der Waals surface area contributed by atoms with Gasteiger partial charge in [-0.05, 0) is 44.4 Å². The van der Waals surface area contributed by atoms with Crippen molar-refractivity contribution in [3.05, 3.63) is 35.6 Å². The molecule has 1 aromatic carbocycles. The first-order chi connectivity index (χ1) is 8.21. The molecule has 0 amide bonds. The van der Waals surface area contributed by atoms with Gasteiger partial charge in [0.05, 0.1) is 6.04 Å². The van der Waals surface area contributed by atoms with Gasteiger partial charge in [-0.15, -0.1) is 4.72 Å². The third-order valence-electron chi connectivity index (χ3n) is 2.66. The van der Waals surface area contributed by atoms with Gasteiger partial charge in [-0.1, -0.05) is 26.0 Å². The largest absolute Gasteiger partial charge is 0.598 e. The fourth-order valence-electron chi connectivity index (χ4n) is 1.58. The summed E-state index contributed by atoms with van der Waals surface area (Å²) >= 11 is -1.17. The molecule has 0 spiro atoms. The van der Waals surface area contributed by atoms with Gasteiger partial charge in [0, 0.05) is 11.4 Å². The van der Waals surface area contributed by atoms with Crippen LogP contribution >= 0.6 is 0 Å². The molecule has 1 aromatic rings. The highest BCUT2D eigenvalue weighted by Crippen LogP contribution is 2.26. The first kappa shape index (κ1) is 15.5. The van der Waals surface area contributed by atoms with E-state index < -0.39 is 11.4 Å². The highest BCUT2D eigenvalue weighted by Gasteiger charge is 2.31. The van der Waals surface area contributed by atoms with Gasteiger partial charge < -0.3 is 4.55 Å². The Morgan fingerprint density at radius 3 is 2.33 bits per heavy atom. The zero-order valence-electron chi connectivity index (χ0n) is 11.7. The van der Waals surface area contributed by atoms with Crippen LogP contribution in [-0.4, -0.2) is 9.30 Å². The SMILES string of the molecule is CC(C)[C@H](N[S+]([O-])C(C)(C)C)c1cccc(F)c1. The Hall–Kier alpha value is -0.580. The Morgan fingerprint density at radius 1 is 1.28 bits per heavy atom. The van der Waals surface area contributed by atoms with Crippen LogP contribution in [0, 0.1) is 11.7 Å². The minimum Gasteiger partial charge on any atom is -0.598 e. The summed E-state index contributed by atoms with van der Waals surface area (Å²) in [7, 11) is 0. The zero-order chi connectivity index (χ0) is 13.9. The van der Waals surface area contributed by atoms with Gasteiger partial charge in [0.1, 0.15) is 10.6 Å². The third kappa shape index (κ3) is 4.26. The van der Waals surface area contributed by atoms with E-state index in [2.05, 4.69) is 4.72 Å². The summed E-state index contributed by atoms with van der Waals surface area (Å²) < 4.78 is 28.2. The lowest BCUT2D eigenvalue weighted by Gasteiger charge is -2.30. The second kappa shape index (κ2) is 6.04. The van der Waals surface area contributed by atoms with E-state index in [1.54, 1.807) is 6.07 Å². The molecule has 0 aliphatic carbocycles. The number of hydrogen-bond acceptors (Lipinski definition) is 2. The second-order valence-electron chi connectivity index (χ2n) is 5.78. The third-order valence-corrected chi connectivity index (χ3v) is 4.25. The quantitative estimate of drug-likeness (QED) is 0.850. The zero-order valence-corrected chi connectivity index (χ0v) is 12.5. The highest BCUT2D eigenvalue weighted by atomic mass is 32.2. The molecule has 0 aliphatic heterocycles. The molecule has 0 saturated heterocycles. The van der Waals surface area contributed by atoms with Crippen LogP contribution in [0.15, 0.2) is 24.3 Å². The Morgan fingerprint density at radius 2 is 1.89 bits per heavy atom. The molecule has 1 rings (SSSR count). The van der Waals surface area contributed by atoms with Crippen molar-refractivity contribution in [3.63, 3.8) is 0 Å². The van der Waals surface area contributed by atoms with Crippen LogP contribution in [-0.2, 0) is 11.4 Å². The maximum Gasteiger partial charge on any atom is 0.136 e. The summed E-state index contributed by atoms with van der Waals surface area (Å²) in [5, 5.41) is 0. The number of rotatable bonds is 4. The fraction of sp³-hybridized carbons (Fsp3) is 0.571. The van der Waals surface area contributed by atoms with Gasteiger partial charge in [-0.2, -0.15) is 0 Å². The predicted molar refractivity (Wildman–Crippen MR) is 75.0 cm³/mol. The Bertz CT molecular complexity index is 390. The van der Waals surface area contributed by atoms with E-state index in [-0.39, 0.29) is 22.5 Å². The van der Waals surface area contributed by atoms with Gasteiger partial charge >= 0.3 is 0 Å². The van der Waals surface area contributed by atoms with Crippen molar-refractivity contribution in [1.29, 1.82) is 0 Å². The Kier molecular flexibility index (Phi) is 5.20. The summed E-state index contributed by atoms with van der Waals surface area (Å²) in [6.07, 6.45) is 0. The van der Waals surface area contributed by atoms with Crippen LogP contribution in [0.4, 0.5) is 4.39 Å². The van der Waals surface area contributed by atoms with Crippen LogP contribution in [0.2, 0.25) is 0 Å². The molecule has 0 fully saturated rings. The van der Waals surface area contributed by atoms with E-state index in [1.165, 1.54) is 12.1 Å². The monoisotopic (exact) mass is 271 g/mol. The smallest absolute Gasteiger partial charge is 0.136 e. The Balaban J connectivity index is 2.91. The summed E-state index contributed by atoms with van der Waals surface area (Å²) in [5.41, 5.74) is 0.836. The van der Waals surface area contributed by atoms with E-state index in [1.807, 2.05) is 40.7 Å². The van der Waals surface area contributed by atoms with E-state index >= 15 is 0 Å². The average Bonchev–Trinajstić information content (AvgIpc) is 2.23. The molecule has 0 saturated carbocycles. The number of hydrogen-bond donors (Lipinski definition) is 1. The molecule has 4 heteroatoms. The summed E-state index contributed by atoms with van der Waals surface area (Å²) in [6, 6.07) is 6.35. The van der Waals surface area contributed by atoms with E-state index in [0.717, 1.165) is 5.56 Å². The molecule has 0 radical (unpaired) electrons. The molecule has 2 atom stereocenters. The molecular formula is C14H22FNOS. The van der Waals surface area contributed by atoms with Crippen molar-refractivity contribution in [3.8, 4) is 0 Å². The number of halogens is 1. The van der Waals surface area contributed by atoms with Gasteiger partial charge in [-0.3, -0.25) is 0 Å². The standard InChI is InChI=1S/C14H22FNOS/c1-10(2)13(16-18(17)14(3,4)5)11-7-6-8-12(15)9-11/h6-10,13,16H,1-5H3/t13-,18?/m0/s1. The van der Waals surface area contributed by atoms with Crippen molar-refractivity contribution in [1.82, 2.24) is 4.72 Å². The van der Waals surface area contributed by atoms with Crippen molar-refractivity contribution in [2.45, 2.75) is 45.4 Å². The van der Waals surface area contributed by atoms with E-state index in [4.69, 9.17) is 0 Å². The molecule has 102 valence electrons. The van der Waals surface area contributed by atoms with Crippen LogP contribution in [0.3, 0.4) is 0 Å². The summed E-state index contributed by atoms with van der Waals surface area (Å²) in [6.45, 7) is 9.81. The normalized spacial score (nSPS) is 15.8.